The number of nitrogens with zero attached hydrogens (tertiary/aromatic N) is 1. The Morgan fingerprint density at radius 1 is 1.53 bits per heavy atom. The van der Waals surface area contributed by atoms with Crippen LogP contribution in [0.3, 0.4) is 0 Å². The summed E-state index contributed by atoms with van der Waals surface area (Å²) < 4.78 is 0. The molecule has 3 N–H and O–H groups in total. The van der Waals surface area contributed by atoms with Crippen molar-refractivity contribution >= 4 is 23.1 Å². The topological polar surface area (TPSA) is 53.1 Å². The van der Waals surface area contributed by atoms with Crippen LogP contribution in [-0.4, -0.2) is 18.9 Å². The molecule has 0 atom stereocenters. The predicted octanol–water partition coefficient (Wildman–Crippen LogP) is 2.22. The van der Waals surface area contributed by atoms with Crippen molar-refractivity contribution < 1.29 is 0 Å². The zero-order chi connectivity index (χ0) is 11.0. The maximum Gasteiger partial charge on any atom is 0.124 e. The van der Waals surface area contributed by atoms with E-state index in [1.54, 1.807) is 12.1 Å². The fraction of sp³-hybridized carbons (Fsp3) is 0.364. The Morgan fingerprint density at radius 2 is 2.20 bits per heavy atom. The van der Waals surface area contributed by atoms with Gasteiger partial charge in [0, 0.05) is 29.4 Å². The lowest BCUT2D eigenvalue weighted by atomic mass is 10.1. The van der Waals surface area contributed by atoms with E-state index in [-0.39, 0.29) is 5.84 Å². The van der Waals surface area contributed by atoms with Crippen molar-refractivity contribution in [3.05, 3.63) is 28.8 Å². The highest BCUT2D eigenvalue weighted by Gasteiger charge is 2.28. The number of halogens is 1. The number of amidine groups is 1. The Balaban J connectivity index is 2.41. The van der Waals surface area contributed by atoms with Crippen LogP contribution in [0.25, 0.3) is 0 Å². The highest BCUT2D eigenvalue weighted by atomic mass is 35.5. The van der Waals surface area contributed by atoms with Gasteiger partial charge in [0.25, 0.3) is 0 Å². The Labute approximate surface area is 94.3 Å². The molecule has 1 aromatic rings. The maximum absolute atomic E-state index is 7.51. The van der Waals surface area contributed by atoms with E-state index in [1.807, 2.05) is 13.1 Å². The summed E-state index contributed by atoms with van der Waals surface area (Å²) in [7, 11) is 2.02. The van der Waals surface area contributed by atoms with Gasteiger partial charge in [-0.25, -0.2) is 0 Å². The molecule has 0 aliphatic heterocycles. The van der Waals surface area contributed by atoms with Crippen LogP contribution in [0.2, 0.25) is 5.02 Å². The van der Waals surface area contributed by atoms with Gasteiger partial charge in [0.05, 0.1) is 0 Å². The summed E-state index contributed by atoms with van der Waals surface area (Å²) in [5, 5.41) is 8.19. The van der Waals surface area contributed by atoms with E-state index in [1.165, 1.54) is 12.8 Å². The smallest absolute Gasteiger partial charge is 0.124 e. The third kappa shape index (κ3) is 2.07. The second kappa shape index (κ2) is 3.74. The number of hydrogen-bond acceptors (Lipinski definition) is 2. The number of rotatable bonds is 3. The van der Waals surface area contributed by atoms with Crippen LogP contribution in [0, 0.1) is 5.41 Å². The minimum Gasteiger partial charge on any atom is -0.384 e. The molecular weight excluding hydrogens is 210 g/mol. The Morgan fingerprint density at radius 3 is 2.73 bits per heavy atom. The third-order valence-corrected chi connectivity index (χ3v) is 2.96. The highest BCUT2D eigenvalue weighted by Crippen LogP contribution is 2.33. The molecule has 1 aliphatic carbocycles. The molecule has 1 saturated carbocycles. The van der Waals surface area contributed by atoms with E-state index >= 15 is 0 Å². The number of nitrogens with one attached hydrogen (secondary N) is 1. The monoisotopic (exact) mass is 223 g/mol. The molecule has 1 fully saturated rings. The van der Waals surface area contributed by atoms with Crippen LogP contribution in [0.5, 0.6) is 0 Å². The second-order valence-corrected chi connectivity index (χ2v) is 4.35. The van der Waals surface area contributed by atoms with Gasteiger partial charge in [-0.05, 0) is 31.0 Å². The molecule has 0 spiro atoms. The van der Waals surface area contributed by atoms with Crippen LogP contribution in [0.15, 0.2) is 18.2 Å². The van der Waals surface area contributed by atoms with Crippen molar-refractivity contribution in [2.24, 2.45) is 5.73 Å². The molecule has 0 radical (unpaired) electrons. The molecular formula is C11H14ClN3. The number of anilines is 1. The molecule has 0 amide bonds. The molecule has 1 aliphatic rings. The van der Waals surface area contributed by atoms with Crippen molar-refractivity contribution in [3.63, 3.8) is 0 Å². The number of benzene rings is 1. The average Bonchev–Trinajstić information content (AvgIpc) is 2.99. The lowest BCUT2D eigenvalue weighted by Crippen LogP contribution is -2.24. The second-order valence-electron chi connectivity index (χ2n) is 3.92. The van der Waals surface area contributed by atoms with Crippen molar-refractivity contribution in [2.45, 2.75) is 18.9 Å². The molecule has 3 nitrogen and oxygen atoms in total. The zero-order valence-electron chi connectivity index (χ0n) is 8.63. The van der Waals surface area contributed by atoms with Crippen molar-refractivity contribution in [3.8, 4) is 0 Å². The summed E-state index contributed by atoms with van der Waals surface area (Å²) in [5.41, 5.74) is 7.25. The van der Waals surface area contributed by atoms with E-state index in [9.17, 15) is 0 Å². The fourth-order valence-electron chi connectivity index (χ4n) is 1.68. The molecule has 0 aromatic heterocycles. The first-order chi connectivity index (χ1) is 7.09. The summed E-state index contributed by atoms with van der Waals surface area (Å²) in [5.74, 6) is 0.0918. The van der Waals surface area contributed by atoms with Gasteiger partial charge in [-0.15, -0.1) is 0 Å². The van der Waals surface area contributed by atoms with Crippen LogP contribution in [-0.2, 0) is 0 Å². The summed E-state index contributed by atoms with van der Waals surface area (Å²) in [6.07, 6.45) is 2.42. The Kier molecular flexibility index (Phi) is 2.57. The van der Waals surface area contributed by atoms with Gasteiger partial charge in [0.15, 0.2) is 0 Å². The van der Waals surface area contributed by atoms with Crippen molar-refractivity contribution in [1.29, 1.82) is 5.41 Å². The summed E-state index contributed by atoms with van der Waals surface area (Å²) in [6, 6.07) is 6.03. The highest BCUT2D eigenvalue weighted by molar-refractivity contribution is 6.31. The third-order valence-electron chi connectivity index (χ3n) is 2.72. The summed E-state index contributed by atoms with van der Waals surface area (Å²) in [6.45, 7) is 0. The number of nitrogens with two attached hydrogens (primary N) is 1. The number of nitrogen functional groups attached to an aromatic ring is 1. The SMILES string of the molecule is CN(c1cc(Cl)ccc1C(=N)N)C1CC1. The minimum absolute atomic E-state index is 0.0918. The van der Waals surface area contributed by atoms with Crippen LogP contribution in [0.4, 0.5) is 5.69 Å². The molecule has 15 heavy (non-hydrogen) atoms. The Bertz CT molecular complexity index is 399. The van der Waals surface area contributed by atoms with Crippen molar-refractivity contribution in [1.82, 2.24) is 0 Å². The normalized spacial score (nSPS) is 15.1. The predicted molar refractivity (Wildman–Crippen MR) is 63.9 cm³/mol. The van der Waals surface area contributed by atoms with Gasteiger partial charge >= 0.3 is 0 Å². The van der Waals surface area contributed by atoms with Gasteiger partial charge in [0.2, 0.25) is 0 Å². The van der Waals surface area contributed by atoms with Gasteiger partial charge in [-0.1, -0.05) is 11.6 Å². The van der Waals surface area contributed by atoms with E-state index < -0.39 is 0 Å². The van der Waals surface area contributed by atoms with E-state index in [0.29, 0.717) is 11.1 Å². The van der Waals surface area contributed by atoms with Gasteiger partial charge < -0.3 is 10.6 Å². The standard InChI is InChI=1S/C11H14ClN3/c1-15(8-3-4-8)10-6-7(12)2-5-9(10)11(13)14/h2,5-6,8H,3-4H2,1H3,(H3,13,14). The largest absolute Gasteiger partial charge is 0.384 e. The summed E-state index contributed by atoms with van der Waals surface area (Å²) >= 11 is 5.95. The molecule has 0 saturated heterocycles. The molecule has 2 rings (SSSR count). The first-order valence-corrected chi connectivity index (χ1v) is 5.34. The van der Waals surface area contributed by atoms with Gasteiger partial charge in [0.1, 0.15) is 5.84 Å². The lowest BCUT2D eigenvalue weighted by Gasteiger charge is -2.21. The first-order valence-electron chi connectivity index (χ1n) is 4.96. The number of hydrogen-bond donors (Lipinski definition) is 2. The molecule has 80 valence electrons. The molecule has 0 bridgehead atoms. The fourth-order valence-corrected chi connectivity index (χ4v) is 1.85. The van der Waals surface area contributed by atoms with Gasteiger partial charge in [-0.2, -0.15) is 0 Å². The van der Waals surface area contributed by atoms with Crippen LogP contribution in [0.1, 0.15) is 18.4 Å². The van der Waals surface area contributed by atoms with E-state index in [2.05, 4.69) is 4.90 Å². The molecule has 4 heteroatoms. The minimum atomic E-state index is 0.0918. The van der Waals surface area contributed by atoms with Crippen LogP contribution >= 0.6 is 11.6 Å². The maximum atomic E-state index is 7.51. The molecule has 0 unspecified atom stereocenters. The summed E-state index contributed by atoms with van der Waals surface area (Å²) in [4.78, 5) is 2.16. The molecule has 0 heterocycles. The van der Waals surface area contributed by atoms with Crippen LogP contribution < -0.4 is 10.6 Å². The average molecular weight is 224 g/mol. The quantitative estimate of drug-likeness (QED) is 0.610. The zero-order valence-corrected chi connectivity index (χ0v) is 9.38. The first kappa shape index (κ1) is 10.3. The van der Waals surface area contributed by atoms with Crippen molar-refractivity contribution in [2.75, 3.05) is 11.9 Å². The lowest BCUT2D eigenvalue weighted by molar-refractivity contribution is 0.915. The van der Waals surface area contributed by atoms with Gasteiger partial charge in [-0.3, -0.25) is 5.41 Å². The van der Waals surface area contributed by atoms with E-state index in [4.69, 9.17) is 22.7 Å². The molecule has 1 aromatic carbocycles. The Hall–Kier alpha value is -1.22. The van der Waals surface area contributed by atoms with E-state index in [0.717, 1.165) is 11.3 Å².